The molecule has 2 heterocycles. The number of benzene rings is 1. The Bertz CT molecular complexity index is 786. The molecule has 1 aliphatic heterocycles. The van der Waals surface area contributed by atoms with Gasteiger partial charge in [0.1, 0.15) is 0 Å². The number of tetrazole rings is 1. The van der Waals surface area contributed by atoms with Crippen molar-refractivity contribution < 1.29 is 17.9 Å². The van der Waals surface area contributed by atoms with Gasteiger partial charge in [-0.05, 0) is 34.5 Å². The third kappa shape index (κ3) is 5.05. The zero-order valence-corrected chi connectivity index (χ0v) is 16.9. The lowest BCUT2D eigenvalue weighted by atomic mass is 10.0. The number of alkyl halides is 3. The van der Waals surface area contributed by atoms with Gasteiger partial charge < -0.3 is 9.64 Å². The zero-order chi connectivity index (χ0) is 21.0. The zero-order valence-electron chi connectivity index (χ0n) is 16.9. The predicted molar refractivity (Wildman–Crippen MR) is 103 cm³/mol. The minimum Gasteiger partial charge on any atom is -0.383 e. The topological polar surface area (TPSA) is 59.3 Å². The molecule has 2 aromatic rings. The lowest BCUT2D eigenvalue weighted by Crippen LogP contribution is -2.49. The first-order valence-corrected chi connectivity index (χ1v) is 9.72. The van der Waals surface area contributed by atoms with E-state index in [1.165, 1.54) is 12.1 Å². The van der Waals surface area contributed by atoms with Gasteiger partial charge in [0.2, 0.25) is 0 Å². The molecule has 0 unspecified atom stereocenters. The first-order chi connectivity index (χ1) is 13.8. The monoisotopic (exact) mass is 412 g/mol. The van der Waals surface area contributed by atoms with Crippen molar-refractivity contribution in [3.8, 4) is 0 Å². The molecule has 3 rings (SSSR count). The molecule has 160 valence electrons. The van der Waals surface area contributed by atoms with Gasteiger partial charge in [0.05, 0.1) is 24.8 Å². The molecule has 1 aliphatic rings. The SMILES string of the molecule is COCCn1nnnc1[C@@H](C(C)C)N1CCN(c2cccc(C(F)(F)F)c2)CC1. The van der Waals surface area contributed by atoms with Crippen molar-refractivity contribution in [3.05, 3.63) is 35.7 Å². The van der Waals surface area contributed by atoms with Crippen LogP contribution in [0.15, 0.2) is 24.3 Å². The molecule has 0 aliphatic carbocycles. The smallest absolute Gasteiger partial charge is 0.383 e. The number of halogens is 3. The van der Waals surface area contributed by atoms with Crippen molar-refractivity contribution in [1.82, 2.24) is 25.1 Å². The molecular weight excluding hydrogens is 385 g/mol. The van der Waals surface area contributed by atoms with Crippen molar-refractivity contribution in [3.63, 3.8) is 0 Å². The maximum absolute atomic E-state index is 13.0. The molecular formula is C19H27F3N6O. The van der Waals surface area contributed by atoms with Gasteiger partial charge in [0, 0.05) is 39.0 Å². The fraction of sp³-hybridized carbons (Fsp3) is 0.632. The van der Waals surface area contributed by atoms with Crippen molar-refractivity contribution >= 4 is 5.69 Å². The van der Waals surface area contributed by atoms with Gasteiger partial charge in [-0.15, -0.1) is 5.10 Å². The Balaban J connectivity index is 1.71. The molecule has 1 aromatic heterocycles. The largest absolute Gasteiger partial charge is 0.416 e. The van der Waals surface area contributed by atoms with Crippen LogP contribution in [0.25, 0.3) is 0 Å². The van der Waals surface area contributed by atoms with Crippen LogP contribution in [0.1, 0.15) is 31.3 Å². The number of rotatable bonds is 7. The average molecular weight is 412 g/mol. The van der Waals surface area contributed by atoms with Crippen LogP contribution in [0.4, 0.5) is 18.9 Å². The van der Waals surface area contributed by atoms with Gasteiger partial charge >= 0.3 is 6.18 Å². The Morgan fingerprint density at radius 2 is 1.86 bits per heavy atom. The summed E-state index contributed by atoms with van der Waals surface area (Å²) in [7, 11) is 1.64. The summed E-state index contributed by atoms with van der Waals surface area (Å²) in [6.45, 7) is 8.07. The van der Waals surface area contributed by atoms with E-state index in [0.29, 0.717) is 31.9 Å². The third-order valence-corrected chi connectivity index (χ3v) is 5.21. The summed E-state index contributed by atoms with van der Waals surface area (Å²) < 4.78 is 46.0. The van der Waals surface area contributed by atoms with Crippen LogP contribution in [0.3, 0.4) is 0 Å². The van der Waals surface area contributed by atoms with Crippen molar-refractivity contribution in [2.75, 3.05) is 44.8 Å². The normalized spacial score (nSPS) is 17.1. The van der Waals surface area contributed by atoms with Gasteiger partial charge in [-0.1, -0.05) is 19.9 Å². The first-order valence-electron chi connectivity index (χ1n) is 9.72. The van der Waals surface area contributed by atoms with E-state index in [4.69, 9.17) is 4.74 Å². The Morgan fingerprint density at radius 3 is 2.48 bits per heavy atom. The van der Waals surface area contributed by atoms with Crippen LogP contribution in [0.2, 0.25) is 0 Å². The van der Waals surface area contributed by atoms with Crippen LogP contribution < -0.4 is 4.90 Å². The predicted octanol–water partition coefficient (Wildman–Crippen LogP) is 2.86. The van der Waals surface area contributed by atoms with Gasteiger partial charge in [-0.2, -0.15) is 13.2 Å². The maximum Gasteiger partial charge on any atom is 0.416 e. The summed E-state index contributed by atoms with van der Waals surface area (Å²) in [4.78, 5) is 4.31. The molecule has 10 heteroatoms. The van der Waals surface area contributed by atoms with Crippen LogP contribution in [0.5, 0.6) is 0 Å². The van der Waals surface area contributed by atoms with E-state index in [1.54, 1.807) is 17.9 Å². The number of hydrogen-bond acceptors (Lipinski definition) is 6. The Kier molecular flexibility index (Phi) is 6.74. The molecule has 1 fully saturated rings. The van der Waals surface area contributed by atoms with E-state index in [9.17, 15) is 13.2 Å². The van der Waals surface area contributed by atoms with Crippen molar-refractivity contribution in [2.45, 2.75) is 32.6 Å². The summed E-state index contributed by atoms with van der Waals surface area (Å²) in [5.74, 6) is 1.08. The number of anilines is 1. The highest BCUT2D eigenvalue weighted by Crippen LogP contribution is 2.33. The highest BCUT2D eigenvalue weighted by molar-refractivity contribution is 5.49. The van der Waals surface area contributed by atoms with Gasteiger partial charge in [0.15, 0.2) is 5.82 Å². The third-order valence-electron chi connectivity index (χ3n) is 5.21. The molecule has 0 bridgehead atoms. The standard InChI is InChI=1S/C19H27F3N6O/c1-14(2)17(18-23-24-25-28(18)11-12-29-3)27-9-7-26(8-10-27)16-6-4-5-15(13-16)19(20,21)22/h4-6,13-14,17H,7-12H2,1-3H3/t17-/m1/s1. The highest BCUT2D eigenvalue weighted by atomic mass is 19.4. The molecule has 0 amide bonds. The van der Waals surface area contributed by atoms with Crippen molar-refractivity contribution in [1.29, 1.82) is 0 Å². The molecule has 7 nitrogen and oxygen atoms in total. The molecule has 1 aromatic carbocycles. The lowest BCUT2D eigenvalue weighted by molar-refractivity contribution is -0.137. The number of methoxy groups -OCH3 is 1. The average Bonchev–Trinajstić information content (AvgIpc) is 3.14. The number of hydrogen-bond donors (Lipinski definition) is 0. The molecule has 0 saturated carbocycles. The van der Waals surface area contributed by atoms with Crippen molar-refractivity contribution in [2.24, 2.45) is 5.92 Å². The van der Waals surface area contributed by atoms with Crippen LogP contribution in [-0.2, 0) is 17.5 Å². The summed E-state index contributed by atoms with van der Waals surface area (Å²) in [6.07, 6.45) is -4.33. The minimum absolute atomic E-state index is 0.0329. The Hall–Kier alpha value is -2.20. The highest BCUT2D eigenvalue weighted by Gasteiger charge is 2.33. The quantitative estimate of drug-likeness (QED) is 0.697. The van der Waals surface area contributed by atoms with Gasteiger partial charge in [-0.3, -0.25) is 4.90 Å². The summed E-state index contributed by atoms with van der Waals surface area (Å²) in [6, 6.07) is 5.56. The molecule has 29 heavy (non-hydrogen) atoms. The van der Waals surface area contributed by atoms with Gasteiger partial charge in [0.25, 0.3) is 0 Å². The van der Waals surface area contributed by atoms with Crippen LogP contribution in [0, 0.1) is 5.92 Å². The first kappa shape index (κ1) is 21.5. The summed E-state index contributed by atoms with van der Waals surface area (Å²) in [5, 5.41) is 12.2. The second-order valence-electron chi connectivity index (χ2n) is 7.51. The fourth-order valence-electron chi connectivity index (χ4n) is 3.78. The minimum atomic E-state index is -4.33. The van der Waals surface area contributed by atoms with Crippen LogP contribution in [-0.4, -0.2) is 65.0 Å². The Labute approximate surface area is 168 Å². The maximum atomic E-state index is 13.0. The second-order valence-corrected chi connectivity index (χ2v) is 7.51. The number of aromatic nitrogens is 4. The molecule has 0 radical (unpaired) electrons. The van der Waals surface area contributed by atoms with E-state index in [1.807, 2.05) is 4.90 Å². The number of nitrogens with zero attached hydrogens (tertiary/aromatic N) is 6. The summed E-state index contributed by atoms with van der Waals surface area (Å²) >= 11 is 0. The van der Waals surface area contributed by atoms with E-state index in [0.717, 1.165) is 25.0 Å². The number of piperazine rings is 1. The van der Waals surface area contributed by atoms with E-state index >= 15 is 0 Å². The van der Waals surface area contributed by atoms with E-state index < -0.39 is 11.7 Å². The second kappa shape index (κ2) is 9.08. The lowest BCUT2D eigenvalue weighted by Gasteiger charge is -2.41. The molecule has 0 N–H and O–H groups in total. The van der Waals surface area contributed by atoms with Crippen LogP contribution >= 0.6 is 0 Å². The van der Waals surface area contributed by atoms with Gasteiger partial charge in [-0.25, -0.2) is 4.68 Å². The number of ether oxygens (including phenoxy) is 1. The molecule has 0 spiro atoms. The molecule has 1 saturated heterocycles. The summed E-state index contributed by atoms with van der Waals surface area (Å²) in [5.41, 5.74) is -0.0136. The van der Waals surface area contributed by atoms with E-state index in [2.05, 4.69) is 34.3 Å². The Morgan fingerprint density at radius 1 is 1.14 bits per heavy atom. The fourth-order valence-corrected chi connectivity index (χ4v) is 3.78. The van der Waals surface area contributed by atoms with E-state index in [-0.39, 0.29) is 12.0 Å². The molecule has 1 atom stereocenters.